The van der Waals surface area contributed by atoms with E-state index in [4.69, 9.17) is 23.2 Å². The number of carbonyl (C=O) groups is 1. The van der Waals surface area contributed by atoms with E-state index in [1.54, 1.807) is 0 Å². The van der Waals surface area contributed by atoms with Crippen molar-refractivity contribution in [1.29, 1.82) is 0 Å². The minimum atomic E-state index is -0.689. The molecular formula is C12H6Cl2FN5O. The first-order valence-corrected chi connectivity index (χ1v) is 6.44. The summed E-state index contributed by atoms with van der Waals surface area (Å²) in [5.41, 5.74) is 0.729. The molecule has 1 amide bonds. The molecule has 0 spiro atoms. The lowest BCUT2D eigenvalue weighted by Crippen LogP contribution is -2.15. The molecule has 1 aromatic carbocycles. The fraction of sp³-hybridized carbons (Fsp3) is 0. The van der Waals surface area contributed by atoms with Crippen LogP contribution in [0.5, 0.6) is 0 Å². The third-order valence-electron chi connectivity index (χ3n) is 2.66. The summed E-state index contributed by atoms with van der Waals surface area (Å²) in [6, 6.07) is 3.92. The first-order valence-electron chi connectivity index (χ1n) is 5.68. The Morgan fingerprint density at radius 1 is 1.29 bits per heavy atom. The van der Waals surface area contributed by atoms with Crippen LogP contribution < -0.4 is 5.32 Å². The highest BCUT2D eigenvalue weighted by atomic mass is 35.5. The normalized spacial score (nSPS) is 10.8. The number of H-pyrrole nitrogens is 1. The van der Waals surface area contributed by atoms with E-state index in [-0.39, 0.29) is 21.7 Å². The smallest absolute Gasteiger partial charge is 0.259 e. The Morgan fingerprint density at radius 2 is 2.10 bits per heavy atom. The number of hydrogen-bond donors (Lipinski definition) is 2. The van der Waals surface area contributed by atoms with Crippen LogP contribution in [0, 0.1) is 5.82 Å². The van der Waals surface area contributed by atoms with Crippen LogP contribution >= 0.6 is 23.2 Å². The third-order valence-corrected chi connectivity index (χ3v) is 3.32. The second-order valence-electron chi connectivity index (χ2n) is 3.99. The molecule has 2 N–H and O–H groups in total. The van der Waals surface area contributed by atoms with E-state index in [1.165, 1.54) is 18.5 Å². The topological polar surface area (TPSA) is 83.6 Å². The van der Waals surface area contributed by atoms with Crippen LogP contribution in [0.4, 0.5) is 10.3 Å². The number of imidazole rings is 1. The van der Waals surface area contributed by atoms with Gasteiger partial charge in [-0.2, -0.15) is 9.97 Å². The summed E-state index contributed by atoms with van der Waals surface area (Å²) in [6.45, 7) is 0. The summed E-state index contributed by atoms with van der Waals surface area (Å²) in [5.74, 6) is -1.39. The molecule has 0 fully saturated rings. The van der Waals surface area contributed by atoms with Gasteiger partial charge in [-0.1, -0.05) is 29.3 Å². The zero-order chi connectivity index (χ0) is 15.0. The summed E-state index contributed by atoms with van der Waals surface area (Å²) in [4.78, 5) is 26.7. The average molecular weight is 326 g/mol. The van der Waals surface area contributed by atoms with E-state index >= 15 is 0 Å². The summed E-state index contributed by atoms with van der Waals surface area (Å²) in [6.07, 6.45) is 1.40. The van der Waals surface area contributed by atoms with Crippen LogP contribution in [-0.4, -0.2) is 25.8 Å². The predicted octanol–water partition coefficient (Wildman–Crippen LogP) is 3.05. The van der Waals surface area contributed by atoms with Gasteiger partial charge in [-0.3, -0.25) is 10.1 Å². The maximum Gasteiger partial charge on any atom is 0.259 e. The van der Waals surface area contributed by atoms with Gasteiger partial charge in [0.25, 0.3) is 5.91 Å². The van der Waals surface area contributed by atoms with Crippen molar-refractivity contribution >= 4 is 46.2 Å². The SMILES string of the molecule is O=C(Nc1nc(Cl)c2[nH]cnc2n1)c1cccc(F)c1Cl. The first kappa shape index (κ1) is 13.7. The zero-order valence-electron chi connectivity index (χ0n) is 10.2. The Kier molecular flexibility index (Phi) is 3.44. The van der Waals surface area contributed by atoms with Gasteiger partial charge < -0.3 is 4.98 Å². The highest BCUT2D eigenvalue weighted by molar-refractivity contribution is 6.35. The van der Waals surface area contributed by atoms with Crippen LogP contribution in [0.3, 0.4) is 0 Å². The van der Waals surface area contributed by atoms with Gasteiger partial charge in [-0.05, 0) is 12.1 Å². The first-order chi connectivity index (χ1) is 10.1. The van der Waals surface area contributed by atoms with Gasteiger partial charge in [-0.15, -0.1) is 0 Å². The lowest BCUT2D eigenvalue weighted by Gasteiger charge is -2.06. The Morgan fingerprint density at radius 3 is 2.90 bits per heavy atom. The predicted molar refractivity (Wildman–Crippen MR) is 76.1 cm³/mol. The van der Waals surface area contributed by atoms with Gasteiger partial charge in [0.2, 0.25) is 5.95 Å². The minimum Gasteiger partial charge on any atom is -0.341 e. The van der Waals surface area contributed by atoms with Crippen molar-refractivity contribution in [3.63, 3.8) is 0 Å². The van der Waals surface area contributed by atoms with Crippen molar-refractivity contribution in [2.75, 3.05) is 5.32 Å². The number of anilines is 1. The molecule has 106 valence electrons. The summed E-state index contributed by atoms with van der Waals surface area (Å²) < 4.78 is 13.3. The van der Waals surface area contributed by atoms with Crippen molar-refractivity contribution in [3.05, 3.63) is 46.1 Å². The number of halogens is 3. The molecule has 0 radical (unpaired) electrons. The number of fused-ring (bicyclic) bond motifs is 1. The van der Waals surface area contributed by atoms with Crippen LogP contribution in [-0.2, 0) is 0 Å². The second kappa shape index (κ2) is 5.27. The van der Waals surface area contributed by atoms with Crippen LogP contribution in [0.2, 0.25) is 10.2 Å². The second-order valence-corrected chi connectivity index (χ2v) is 4.73. The molecular weight excluding hydrogens is 320 g/mol. The van der Waals surface area contributed by atoms with Crippen LogP contribution in [0.25, 0.3) is 11.2 Å². The van der Waals surface area contributed by atoms with Crippen molar-refractivity contribution in [3.8, 4) is 0 Å². The highest BCUT2D eigenvalue weighted by Crippen LogP contribution is 2.22. The molecule has 9 heteroatoms. The number of aromatic amines is 1. The van der Waals surface area contributed by atoms with Crippen LogP contribution in [0.15, 0.2) is 24.5 Å². The largest absolute Gasteiger partial charge is 0.341 e. The Hall–Kier alpha value is -2.25. The molecule has 0 bridgehead atoms. The van der Waals surface area contributed by atoms with E-state index in [2.05, 4.69) is 25.3 Å². The van der Waals surface area contributed by atoms with Gasteiger partial charge in [0.1, 0.15) is 11.3 Å². The Balaban J connectivity index is 1.94. The fourth-order valence-electron chi connectivity index (χ4n) is 1.70. The number of nitrogens with one attached hydrogen (secondary N) is 2. The quantitative estimate of drug-likeness (QED) is 0.709. The van der Waals surface area contributed by atoms with Crippen molar-refractivity contribution in [2.24, 2.45) is 0 Å². The molecule has 0 saturated heterocycles. The molecule has 21 heavy (non-hydrogen) atoms. The van der Waals surface area contributed by atoms with Gasteiger partial charge in [0.05, 0.1) is 16.9 Å². The van der Waals surface area contributed by atoms with Gasteiger partial charge in [0.15, 0.2) is 10.8 Å². The highest BCUT2D eigenvalue weighted by Gasteiger charge is 2.16. The molecule has 2 heterocycles. The molecule has 0 saturated carbocycles. The van der Waals surface area contributed by atoms with E-state index in [9.17, 15) is 9.18 Å². The number of carbonyl (C=O) groups excluding carboxylic acids is 1. The van der Waals surface area contributed by atoms with E-state index in [1.807, 2.05) is 0 Å². The molecule has 0 aliphatic rings. The molecule has 0 atom stereocenters. The van der Waals surface area contributed by atoms with Gasteiger partial charge in [0, 0.05) is 0 Å². The average Bonchev–Trinajstić information content (AvgIpc) is 2.90. The summed E-state index contributed by atoms with van der Waals surface area (Å²) >= 11 is 11.7. The number of aromatic nitrogens is 4. The maximum atomic E-state index is 13.3. The molecule has 0 unspecified atom stereocenters. The fourth-order valence-corrected chi connectivity index (χ4v) is 2.13. The van der Waals surface area contributed by atoms with Crippen LogP contribution in [0.1, 0.15) is 10.4 Å². The van der Waals surface area contributed by atoms with Crippen molar-refractivity contribution in [1.82, 2.24) is 19.9 Å². The van der Waals surface area contributed by atoms with E-state index in [0.29, 0.717) is 11.2 Å². The zero-order valence-corrected chi connectivity index (χ0v) is 11.7. The maximum absolute atomic E-state index is 13.3. The number of nitrogens with zero attached hydrogens (tertiary/aromatic N) is 3. The number of hydrogen-bond acceptors (Lipinski definition) is 4. The molecule has 3 aromatic rings. The summed E-state index contributed by atoms with van der Waals surface area (Å²) in [7, 11) is 0. The van der Waals surface area contributed by atoms with E-state index in [0.717, 1.165) is 6.07 Å². The van der Waals surface area contributed by atoms with Crippen molar-refractivity contribution < 1.29 is 9.18 Å². The van der Waals surface area contributed by atoms with Gasteiger partial charge >= 0.3 is 0 Å². The lowest BCUT2D eigenvalue weighted by molar-refractivity contribution is 0.102. The standard InChI is InChI=1S/C12H6Cl2FN5O/c13-7-5(2-1-3-6(7)15)11(21)20-12-18-9(14)8-10(19-12)17-4-16-8/h1-4H,(H2,16,17,18,19,20,21). The number of benzene rings is 1. The molecule has 3 rings (SSSR count). The Labute approximate surface area is 127 Å². The molecule has 6 nitrogen and oxygen atoms in total. The van der Waals surface area contributed by atoms with E-state index < -0.39 is 11.7 Å². The molecule has 0 aliphatic carbocycles. The molecule has 0 aliphatic heterocycles. The molecule has 2 aromatic heterocycles. The van der Waals surface area contributed by atoms with Crippen molar-refractivity contribution in [2.45, 2.75) is 0 Å². The van der Waals surface area contributed by atoms with Gasteiger partial charge in [-0.25, -0.2) is 9.37 Å². The minimum absolute atomic E-state index is 0.0292. The lowest BCUT2D eigenvalue weighted by atomic mass is 10.2. The number of amides is 1. The monoisotopic (exact) mass is 325 g/mol. The third kappa shape index (κ3) is 2.53. The Bertz CT molecular complexity index is 851. The summed E-state index contributed by atoms with van der Waals surface area (Å²) in [5, 5.41) is 2.23. The number of rotatable bonds is 2.